The summed E-state index contributed by atoms with van der Waals surface area (Å²) in [5, 5.41) is 0. The van der Waals surface area contributed by atoms with Gasteiger partial charge in [0.1, 0.15) is 0 Å². The first-order chi connectivity index (χ1) is 11.3. The van der Waals surface area contributed by atoms with Crippen LogP contribution in [0, 0.1) is 0 Å². The van der Waals surface area contributed by atoms with Gasteiger partial charge in [0.15, 0.2) is 11.5 Å². The van der Waals surface area contributed by atoms with Crippen LogP contribution in [0.15, 0.2) is 35.5 Å². The lowest BCUT2D eigenvalue weighted by Crippen LogP contribution is -2.29. The Labute approximate surface area is 136 Å². The van der Waals surface area contributed by atoms with E-state index in [-0.39, 0.29) is 0 Å². The van der Waals surface area contributed by atoms with Gasteiger partial charge in [0.25, 0.3) is 0 Å². The number of nitrogens with one attached hydrogen (secondary N) is 1. The Morgan fingerprint density at radius 1 is 1.09 bits per heavy atom. The second kappa shape index (κ2) is 5.76. The predicted molar refractivity (Wildman–Crippen MR) is 91.0 cm³/mol. The van der Waals surface area contributed by atoms with Crippen molar-refractivity contribution in [1.82, 2.24) is 4.98 Å². The first kappa shape index (κ1) is 14.4. The van der Waals surface area contributed by atoms with Crippen LogP contribution in [0.2, 0.25) is 0 Å². The summed E-state index contributed by atoms with van der Waals surface area (Å²) < 4.78 is 11.0. The molecule has 1 aliphatic carbocycles. The number of aliphatic imine (C=N–C) groups is 1. The van der Waals surface area contributed by atoms with E-state index in [0.29, 0.717) is 12.0 Å². The molecule has 1 aromatic carbocycles. The zero-order valence-electron chi connectivity index (χ0n) is 13.6. The maximum atomic E-state index is 5.54. The first-order valence-corrected chi connectivity index (χ1v) is 8.29. The Kier molecular flexibility index (Phi) is 3.60. The predicted octanol–water partition coefficient (Wildman–Crippen LogP) is 3.91. The molecule has 0 unspecified atom stereocenters. The van der Waals surface area contributed by atoms with Crippen LogP contribution >= 0.6 is 0 Å². The molecule has 0 spiro atoms. The van der Waals surface area contributed by atoms with Crippen molar-refractivity contribution in [2.75, 3.05) is 14.2 Å². The van der Waals surface area contributed by atoms with Crippen LogP contribution in [0.25, 0.3) is 0 Å². The van der Waals surface area contributed by atoms with Crippen LogP contribution in [0.4, 0.5) is 0 Å². The van der Waals surface area contributed by atoms with Crippen LogP contribution in [0.3, 0.4) is 0 Å². The van der Waals surface area contributed by atoms with Gasteiger partial charge in [-0.25, -0.2) is 0 Å². The van der Waals surface area contributed by atoms with E-state index >= 15 is 0 Å². The molecule has 4 rings (SSSR count). The Balaban J connectivity index is 1.91. The molecular formula is C19H22N2O2. The van der Waals surface area contributed by atoms with Gasteiger partial charge in [0.05, 0.1) is 31.7 Å². The number of hydrogen-bond donors (Lipinski definition) is 1. The lowest BCUT2D eigenvalue weighted by molar-refractivity contribution is 0.349. The zero-order chi connectivity index (χ0) is 15.8. The Morgan fingerprint density at radius 3 is 2.61 bits per heavy atom. The fourth-order valence-electron chi connectivity index (χ4n) is 3.96. The van der Waals surface area contributed by atoms with E-state index in [1.165, 1.54) is 36.8 Å². The number of nitrogens with zero attached hydrogens (tertiary/aromatic N) is 1. The molecule has 2 aliphatic rings. The summed E-state index contributed by atoms with van der Waals surface area (Å²) in [5.74, 6) is 2.07. The highest BCUT2D eigenvalue weighted by Crippen LogP contribution is 2.44. The normalized spacial score (nSPS) is 22.8. The lowest BCUT2D eigenvalue weighted by atomic mass is 9.75. The monoisotopic (exact) mass is 310 g/mol. The van der Waals surface area contributed by atoms with E-state index in [2.05, 4.69) is 23.2 Å². The molecule has 0 saturated heterocycles. The molecule has 0 amide bonds. The highest BCUT2D eigenvalue weighted by Gasteiger charge is 2.34. The van der Waals surface area contributed by atoms with Gasteiger partial charge < -0.3 is 14.5 Å². The summed E-state index contributed by atoms with van der Waals surface area (Å²) in [6, 6.07) is 8.73. The van der Waals surface area contributed by atoms with Crippen molar-refractivity contribution in [1.29, 1.82) is 0 Å². The van der Waals surface area contributed by atoms with Crippen molar-refractivity contribution in [3.8, 4) is 11.5 Å². The highest BCUT2D eigenvalue weighted by molar-refractivity contribution is 6.14. The first-order valence-electron chi connectivity index (χ1n) is 8.29. The third kappa shape index (κ3) is 2.33. The lowest BCUT2D eigenvalue weighted by Gasteiger charge is -2.35. The minimum absolute atomic E-state index is 0.382. The molecular weight excluding hydrogens is 288 g/mol. The average molecular weight is 310 g/mol. The van der Waals surface area contributed by atoms with Crippen LogP contribution in [-0.2, 0) is 0 Å². The number of benzene rings is 1. The quantitative estimate of drug-likeness (QED) is 0.934. The molecule has 2 heterocycles. The largest absolute Gasteiger partial charge is 0.493 e. The second-order valence-electron chi connectivity index (χ2n) is 6.31. The SMILES string of the molecule is COc1cc2c(cc1OC)[C@H]1CCCC[C@H]1N=C2c1ccc[nH]1. The highest BCUT2D eigenvalue weighted by atomic mass is 16.5. The van der Waals surface area contributed by atoms with Crippen LogP contribution in [-0.4, -0.2) is 31.0 Å². The van der Waals surface area contributed by atoms with Crippen molar-refractivity contribution in [2.45, 2.75) is 37.6 Å². The summed E-state index contributed by atoms with van der Waals surface area (Å²) in [6.07, 6.45) is 6.87. The number of hydrogen-bond acceptors (Lipinski definition) is 3. The number of rotatable bonds is 3. The second-order valence-corrected chi connectivity index (χ2v) is 6.31. The topological polar surface area (TPSA) is 46.6 Å². The third-order valence-corrected chi connectivity index (χ3v) is 5.09. The van der Waals surface area contributed by atoms with Crippen LogP contribution in [0.1, 0.15) is 48.4 Å². The molecule has 23 heavy (non-hydrogen) atoms. The van der Waals surface area contributed by atoms with E-state index < -0.39 is 0 Å². The molecule has 4 heteroatoms. The van der Waals surface area contributed by atoms with E-state index in [9.17, 15) is 0 Å². The molecule has 2 atom stereocenters. The van der Waals surface area contributed by atoms with Gasteiger partial charge in [-0.3, -0.25) is 4.99 Å². The maximum Gasteiger partial charge on any atom is 0.161 e. The van der Waals surface area contributed by atoms with E-state index in [1.54, 1.807) is 14.2 Å². The Bertz CT molecular complexity index is 734. The number of ether oxygens (including phenoxy) is 2. The molecule has 2 aromatic rings. The van der Waals surface area contributed by atoms with Gasteiger partial charge in [0, 0.05) is 17.7 Å². The van der Waals surface area contributed by atoms with Gasteiger partial charge in [-0.15, -0.1) is 0 Å². The van der Waals surface area contributed by atoms with Gasteiger partial charge >= 0.3 is 0 Å². The molecule has 1 aromatic heterocycles. The number of methoxy groups -OCH3 is 2. The standard InChI is InChI=1S/C19H22N2O2/c1-22-17-10-13-12-6-3-4-7-15(12)21-19(16-8-5-9-20-16)14(13)11-18(17)23-2/h5,8-12,15,20H,3-4,6-7H2,1-2H3/t12-,15-/m1/s1. The molecule has 4 nitrogen and oxygen atoms in total. The summed E-state index contributed by atoms with van der Waals surface area (Å²) in [7, 11) is 3.38. The molecule has 0 bridgehead atoms. The summed E-state index contributed by atoms with van der Waals surface area (Å²) in [5.41, 5.74) is 4.65. The average Bonchev–Trinajstić information content (AvgIpc) is 3.14. The van der Waals surface area contributed by atoms with Gasteiger partial charge in [-0.1, -0.05) is 12.8 Å². The van der Waals surface area contributed by atoms with Crippen molar-refractivity contribution in [2.24, 2.45) is 4.99 Å². The Morgan fingerprint density at radius 2 is 1.87 bits per heavy atom. The fourth-order valence-corrected chi connectivity index (χ4v) is 3.96. The van der Waals surface area contributed by atoms with Crippen molar-refractivity contribution >= 4 is 5.71 Å². The van der Waals surface area contributed by atoms with Crippen molar-refractivity contribution < 1.29 is 9.47 Å². The molecule has 1 fully saturated rings. The smallest absolute Gasteiger partial charge is 0.161 e. The summed E-state index contributed by atoms with van der Waals surface area (Å²) >= 11 is 0. The molecule has 1 aliphatic heterocycles. The Hall–Kier alpha value is -2.23. The fraction of sp³-hybridized carbons (Fsp3) is 0.421. The summed E-state index contributed by atoms with van der Waals surface area (Å²) in [4.78, 5) is 8.41. The molecule has 1 saturated carbocycles. The maximum absolute atomic E-state index is 5.54. The van der Waals surface area contributed by atoms with E-state index in [1.807, 2.05) is 12.3 Å². The van der Waals surface area contributed by atoms with Crippen LogP contribution < -0.4 is 9.47 Å². The van der Waals surface area contributed by atoms with Gasteiger partial charge in [0.2, 0.25) is 0 Å². The van der Waals surface area contributed by atoms with Crippen molar-refractivity contribution in [3.05, 3.63) is 47.3 Å². The van der Waals surface area contributed by atoms with Crippen LogP contribution in [0.5, 0.6) is 11.5 Å². The molecule has 0 radical (unpaired) electrons. The van der Waals surface area contributed by atoms with E-state index in [4.69, 9.17) is 14.5 Å². The minimum Gasteiger partial charge on any atom is -0.493 e. The zero-order valence-corrected chi connectivity index (χ0v) is 13.6. The summed E-state index contributed by atoms with van der Waals surface area (Å²) in [6.45, 7) is 0. The van der Waals surface area contributed by atoms with E-state index in [0.717, 1.165) is 22.9 Å². The van der Waals surface area contributed by atoms with Gasteiger partial charge in [-0.05, 0) is 42.7 Å². The molecule has 1 N–H and O–H groups in total. The number of aromatic nitrogens is 1. The molecule has 120 valence electrons. The number of aromatic amines is 1. The van der Waals surface area contributed by atoms with Crippen molar-refractivity contribution in [3.63, 3.8) is 0 Å². The van der Waals surface area contributed by atoms with Gasteiger partial charge in [-0.2, -0.15) is 0 Å². The third-order valence-electron chi connectivity index (χ3n) is 5.09. The minimum atomic E-state index is 0.382. The number of fused-ring (bicyclic) bond motifs is 3. The number of H-pyrrole nitrogens is 1.